The van der Waals surface area contributed by atoms with Crippen LogP contribution in [0.3, 0.4) is 0 Å². The third kappa shape index (κ3) is 5.54. The average Bonchev–Trinajstić information content (AvgIpc) is 3.52. The molecule has 174 valence electrons. The summed E-state index contributed by atoms with van der Waals surface area (Å²) in [6.45, 7) is 2.87. The molecule has 0 amide bonds. The Morgan fingerprint density at radius 3 is 2.53 bits per heavy atom. The molecule has 0 aliphatic carbocycles. The first-order valence-corrected chi connectivity index (χ1v) is 11.8. The number of aryl methyl sites for hydroxylation is 4. The van der Waals surface area contributed by atoms with Crippen LogP contribution in [0.1, 0.15) is 52.5 Å². The molecule has 2 N–H and O–H groups in total. The Kier molecular flexibility index (Phi) is 7.43. The second-order valence-corrected chi connectivity index (χ2v) is 8.56. The van der Waals surface area contributed by atoms with E-state index in [1.54, 1.807) is 0 Å². The summed E-state index contributed by atoms with van der Waals surface area (Å²) >= 11 is 0. The lowest BCUT2D eigenvalue weighted by Crippen LogP contribution is -2.10. The first-order chi connectivity index (χ1) is 16.5. The maximum atomic E-state index is 13.0. The van der Waals surface area contributed by atoms with Gasteiger partial charge in [0.15, 0.2) is 0 Å². The summed E-state index contributed by atoms with van der Waals surface area (Å²) in [6.07, 6.45) is 9.16. The second-order valence-electron chi connectivity index (χ2n) is 8.56. The summed E-state index contributed by atoms with van der Waals surface area (Å²) in [5.41, 5.74) is 7.04. The molecule has 0 aliphatic rings. The second kappa shape index (κ2) is 10.8. The highest BCUT2D eigenvalue weighted by Gasteiger charge is 2.13. The molecule has 5 nitrogen and oxygen atoms in total. The van der Waals surface area contributed by atoms with Gasteiger partial charge >= 0.3 is 5.97 Å². The predicted octanol–water partition coefficient (Wildman–Crippen LogP) is 5.93. The number of benzene rings is 2. The number of aromatic amines is 1. The molecular formula is C29H30N2O3. The molecule has 4 rings (SSSR count). The summed E-state index contributed by atoms with van der Waals surface area (Å²) < 4.78 is 2.04. The minimum absolute atomic E-state index is 0.0519. The van der Waals surface area contributed by atoms with Crippen LogP contribution in [0.25, 0.3) is 11.1 Å². The molecular weight excluding hydrogens is 424 g/mol. The van der Waals surface area contributed by atoms with Crippen molar-refractivity contribution >= 4 is 11.8 Å². The minimum Gasteiger partial charge on any atom is -0.481 e. The Labute approximate surface area is 200 Å². The van der Waals surface area contributed by atoms with E-state index in [2.05, 4.69) is 30.1 Å². The van der Waals surface area contributed by atoms with Crippen molar-refractivity contribution in [2.75, 3.05) is 0 Å². The van der Waals surface area contributed by atoms with E-state index in [0.717, 1.165) is 48.1 Å². The number of carbonyl (C=O) groups is 2. The highest BCUT2D eigenvalue weighted by atomic mass is 16.4. The van der Waals surface area contributed by atoms with Gasteiger partial charge in [-0.15, -0.1) is 0 Å². The third-order valence-electron chi connectivity index (χ3n) is 6.23. The predicted molar refractivity (Wildman–Crippen MR) is 134 cm³/mol. The van der Waals surface area contributed by atoms with E-state index >= 15 is 0 Å². The molecule has 0 unspecified atom stereocenters. The molecule has 34 heavy (non-hydrogen) atoms. The Bertz CT molecular complexity index is 1260. The van der Waals surface area contributed by atoms with Crippen molar-refractivity contribution < 1.29 is 14.7 Å². The molecule has 0 aliphatic heterocycles. The average molecular weight is 455 g/mol. The van der Waals surface area contributed by atoms with Crippen molar-refractivity contribution in [1.82, 2.24) is 9.55 Å². The topological polar surface area (TPSA) is 75.1 Å². The lowest BCUT2D eigenvalue weighted by molar-refractivity contribution is -0.136. The van der Waals surface area contributed by atoms with Gasteiger partial charge in [-0.25, -0.2) is 0 Å². The van der Waals surface area contributed by atoms with E-state index < -0.39 is 5.97 Å². The Hall–Kier alpha value is -3.86. The van der Waals surface area contributed by atoms with Crippen LogP contribution >= 0.6 is 0 Å². The summed E-state index contributed by atoms with van der Waals surface area (Å²) in [4.78, 5) is 27.1. The van der Waals surface area contributed by atoms with Gasteiger partial charge in [-0.05, 0) is 60.1 Å². The zero-order chi connectivity index (χ0) is 23.9. The first kappa shape index (κ1) is 23.3. The van der Waals surface area contributed by atoms with E-state index in [1.807, 2.05) is 65.6 Å². The van der Waals surface area contributed by atoms with Crippen molar-refractivity contribution in [3.63, 3.8) is 0 Å². The third-order valence-corrected chi connectivity index (χ3v) is 6.23. The maximum Gasteiger partial charge on any atom is 0.303 e. The number of carboxylic acids is 1. The van der Waals surface area contributed by atoms with Gasteiger partial charge in [0.25, 0.3) is 0 Å². The Balaban J connectivity index is 1.40. The normalized spacial score (nSPS) is 11.0. The van der Waals surface area contributed by atoms with E-state index in [-0.39, 0.29) is 12.2 Å². The molecule has 5 heteroatoms. The van der Waals surface area contributed by atoms with Gasteiger partial charge in [0.1, 0.15) is 0 Å². The highest BCUT2D eigenvalue weighted by molar-refractivity contribution is 6.08. The summed E-state index contributed by atoms with van der Waals surface area (Å²) in [6, 6.07) is 20.1. The summed E-state index contributed by atoms with van der Waals surface area (Å²) in [5, 5.41) is 9.00. The van der Waals surface area contributed by atoms with Crippen LogP contribution in [0.15, 0.2) is 79.3 Å². The largest absolute Gasteiger partial charge is 0.481 e. The van der Waals surface area contributed by atoms with Gasteiger partial charge in [0.2, 0.25) is 5.78 Å². The molecule has 0 bridgehead atoms. The number of carboxylic acid groups (broad SMARTS) is 1. The fraction of sp³-hybridized carbons (Fsp3) is 0.241. The van der Waals surface area contributed by atoms with Crippen LogP contribution in [0.2, 0.25) is 0 Å². The number of rotatable bonds is 11. The molecule has 0 fully saturated rings. The minimum atomic E-state index is -0.790. The van der Waals surface area contributed by atoms with Crippen LogP contribution in [0.4, 0.5) is 0 Å². The fourth-order valence-electron chi connectivity index (χ4n) is 4.32. The van der Waals surface area contributed by atoms with Crippen molar-refractivity contribution in [2.24, 2.45) is 0 Å². The number of aromatic nitrogens is 2. The molecule has 2 aromatic heterocycles. The van der Waals surface area contributed by atoms with Crippen molar-refractivity contribution in [3.8, 4) is 11.1 Å². The van der Waals surface area contributed by atoms with Gasteiger partial charge in [0, 0.05) is 42.7 Å². The lowest BCUT2D eigenvalue weighted by atomic mass is 9.98. The van der Waals surface area contributed by atoms with E-state index in [1.165, 1.54) is 11.1 Å². The standard InChI is InChI=1S/C29H30N2O3/c1-2-21-10-12-23(13-11-21)29(34)27-9-5-17-31(27)16-4-7-22-6-3-8-24(18-22)26-20-30-19-25(26)14-15-28(32)33/h3,5-6,8-13,17-20,30H,2,4,7,14-16H2,1H3,(H,32,33). The zero-order valence-corrected chi connectivity index (χ0v) is 19.5. The quantitative estimate of drug-likeness (QED) is 0.276. The number of nitrogens with one attached hydrogen (secondary N) is 1. The number of carbonyl (C=O) groups excluding carboxylic acids is 1. The number of H-pyrrole nitrogens is 1. The number of hydrogen-bond acceptors (Lipinski definition) is 2. The smallest absolute Gasteiger partial charge is 0.303 e. The van der Waals surface area contributed by atoms with E-state index in [4.69, 9.17) is 5.11 Å². The van der Waals surface area contributed by atoms with Gasteiger partial charge in [-0.2, -0.15) is 0 Å². The van der Waals surface area contributed by atoms with Gasteiger partial charge in [-0.3, -0.25) is 9.59 Å². The number of hydrogen-bond donors (Lipinski definition) is 2. The fourth-order valence-corrected chi connectivity index (χ4v) is 4.32. The molecule has 0 radical (unpaired) electrons. The van der Waals surface area contributed by atoms with Crippen LogP contribution < -0.4 is 0 Å². The van der Waals surface area contributed by atoms with Crippen molar-refractivity contribution in [3.05, 3.63) is 107 Å². The molecule has 0 saturated carbocycles. The van der Waals surface area contributed by atoms with Gasteiger partial charge in [0.05, 0.1) is 5.69 Å². The lowest BCUT2D eigenvalue weighted by Gasteiger charge is -2.10. The number of ketones is 1. The van der Waals surface area contributed by atoms with Crippen LogP contribution in [0, 0.1) is 0 Å². The monoisotopic (exact) mass is 454 g/mol. The molecule has 4 aromatic rings. The first-order valence-electron chi connectivity index (χ1n) is 11.8. The molecule has 2 aromatic carbocycles. The molecule has 0 spiro atoms. The van der Waals surface area contributed by atoms with Crippen LogP contribution in [-0.2, 0) is 30.6 Å². The van der Waals surface area contributed by atoms with Crippen molar-refractivity contribution in [1.29, 1.82) is 0 Å². The SMILES string of the molecule is CCc1ccc(C(=O)c2cccn2CCCc2cccc(-c3c[nH]cc3CCC(=O)O)c2)cc1. The van der Waals surface area contributed by atoms with E-state index in [0.29, 0.717) is 12.1 Å². The molecule has 2 heterocycles. The van der Waals surface area contributed by atoms with E-state index in [9.17, 15) is 9.59 Å². The summed E-state index contributed by atoms with van der Waals surface area (Å²) in [7, 11) is 0. The summed E-state index contributed by atoms with van der Waals surface area (Å²) in [5.74, 6) is -0.738. The van der Waals surface area contributed by atoms with Gasteiger partial charge in [-0.1, -0.05) is 55.5 Å². The number of nitrogens with zero attached hydrogens (tertiary/aromatic N) is 1. The maximum absolute atomic E-state index is 13.0. The zero-order valence-electron chi connectivity index (χ0n) is 19.5. The van der Waals surface area contributed by atoms with Crippen LogP contribution in [-0.4, -0.2) is 26.4 Å². The molecule has 0 saturated heterocycles. The van der Waals surface area contributed by atoms with Crippen LogP contribution in [0.5, 0.6) is 0 Å². The number of aliphatic carboxylic acids is 1. The highest BCUT2D eigenvalue weighted by Crippen LogP contribution is 2.26. The van der Waals surface area contributed by atoms with Gasteiger partial charge < -0.3 is 14.7 Å². The molecule has 0 atom stereocenters. The van der Waals surface area contributed by atoms with Crippen molar-refractivity contribution in [2.45, 2.75) is 45.6 Å². The Morgan fingerprint density at radius 1 is 0.941 bits per heavy atom. The Morgan fingerprint density at radius 2 is 1.76 bits per heavy atom.